The molecule has 5 aromatic rings. The zero-order valence-electron chi connectivity index (χ0n) is 18.6. The number of ketones is 1. The highest BCUT2D eigenvalue weighted by molar-refractivity contribution is 6.34. The Balaban J connectivity index is 1.63. The predicted octanol–water partition coefficient (Wildman–Crippen LogP) is 8.10. The van der Waals surface area contributed by atoms with Gasteiger partial charge in [-0.1, -0.05) is 121 Å². The van der Waals surface area contributed by atoms with E-state index in [1.54, 1.807) is 6.08 Å². The average molecular weight is 435 g/mol. The monoisotopic (exact) mass is 434 g/mol. The highest BCUT2D eigenvalue weighted by Crippen LogP contribution is 2.38. The number of allylic oxidation sites excluding steroid dienone is 4. The quantitative estimate of drug-likeness (QED) is 0.207. The minimum atomic E-state index is 0.0321. The molecular formula is C33H22O. The van der Waals surface area contributed by atoms with Crippen LogP contribution in [0.1, 0.15) is 22.3 Å². The average Bonchev–Trinajstić information content (AvgIpc) is 2.90. The van der Waals surface area contributed by atoms with Gasteiger partial charge in [-0.3, -0.25) is 4.79 Å². The van der Waals surface area contributed by atoms with Crippen molar-refractivity contribution >= 4 is 44.6 Å². The Hall–Kier alpha value is -4.49. The second-order valence-electron chi connectivity index (χ2n) is 8.50. The first-order valence-corrected chi connectivity index (χ1v) is 11.5. The van der Waals surface area contributed by atoms with E-state index in [4.69, 9.17) is 0 Å². The van der Waals surface area contributed by atoms with Crippen molar-refractivity contribution in [2.24, 2.45) is 0 Å². The number of hydrogen-bond donors (Lipinski definition) is 0. The van der Waals surface area contributed by atoms with E-state index in [1.165, 1.54) is 10.8 Å². The van der Waals surface area contributed by atoms with Gasteiger partial charge in [-0.05, 0) is 56.0 Å². The van der Waals surface area contributed by atoms with E-state index >= 15 is 0 Å². The second-order valence-corrected chi connectivity index (χ2v) is 8.50. The van der Waals surface area contributed by atoms with E-state index in [-0.39, 0.29) is 5.78 Å². The number of carbonyl (C=O) groups is 1. The van der Waals surface area contributed by atoms with E-state index in [0.717, 1.165) is 44.2 Å². The molecule has 0 N–H and O–H groups in total. The summed E-state index contributed by atoms with van der Waals surface area (Å²) in [7, 11) is 0. The summed E-state index contributed by atoms with van der Waals surface area (Å²) < 4.78 is 0. The fourth-order valence-electron chi connectivity index (χ4n) is 4.85. The van der Waals surface area contributed by atoms with Gasteiger partial charge >= 0.3 is 0 Å². The van der Waals surface area contributed by atoms with E-state index in [2.05, 4.69) is 78.9 Å². The minimum absolute atomic E-state index is 0.0321. The van der Waals surface area contributed by atoms with Crippen molar-refractivity contribution in [2.45, 2.75) is 0 Å². The van der Waals surface area contributed by atoms with Crippen LogP contribution in [0.2, 0.25) is 0 Å². The molecule has 0 unspecified atom stereocenters. The van der Waals surface area contributed by atoms with Crippen LogP contribution < -0.4 is 0 Å². The molecule has 5 aromatic carbocycles. The van der Waals surface area contributed by atoms with Gasteiger partial charge in [0.05, 0.1) is 0 Å². The Labute approximate surface area is 199 Å². The summed E-state index contributed by atoms with van der Waals surface area (Å²) in [4.78, 5) is 13.2. The summed E-state index contributed by atoms with van der Waals surface area (Å²) in [5.74, 6) is 0.0321. The largest absolute Gasteiger partial charge is 0.289 e. The Bertz CT molecular complexity index is 1590. The predicted molar refractivity (Wildman–Crippen MR) is 143 cm³/mol. The van der Waals surface area contributed by atoms with Crippen LogP contribution in [-0.4, -0.2) is 5.78 Å². The van der Waals surface area contributed by atoms with Crippen LogP contribution in [-0.2, 0) is 4.79 Å². The van der Waals surface area contributed by atoms with Crippen molar-refractivity contribution in [3.63, 3.8) is 0 Å². The van der Waals surface area contributed by atoms with E-state index in [1.807, 2.05) is 48.6 Å². The van der Waals surface area contributed by atoms with Crippen molar-refractivity contribution in [3.05, 3.63) is 150 Å². The van der Waals surface area contributed by atoms with Gasteiger partial charge in [-0.25, -0.2) is 0 Å². The van der Waals surface area contributed by atoms with E-state index in [0.29, 0.717) is 0 Å². The molecule has 160 valence electrons. The second kappa shape index (κ2) is 8.46. The maximum absolute atomic E-state index is 13.2. The maximum atomic E-state index is 13.2. The molecule has 0 saturated heterocycles. The summed E-state index contributed by atoms with van der Waals surface area (Å²) in [6.07, 6.45) is 7.71. The smallest absolute Gasteiger partial charge is 0.186 e. The van der Waals surface area contributed by atoms with Crippen molar-refractivity contribution in [3.8, 4) is 0 Å². The SMILES string of the molecule is O=C1C=Cc2ccc3ccc4ccccc4c3c2/C1=C\C=C(c1ccccc1)c1ccccc1. The third kappa shape index (κ3) is 3.48. The number of benzene rings is 5. The molecule has 0 spiro atoms. The molecule has 1 aliphatic rings. The number of fused-ring (bicyclic) bond motifs is 5. The van der Waals surface area contributed by atoms with E-state index < -0.39 is 0 Å². The van der Waals surface area contributed by atoms with Crippen LogP contribution >= 0.6 is 0 Å². The first-order valence-electron chi connectivity index (χ1n) is 11.5. The molecule has 0 atom stereocenters. The van der Waals surface area contributed by atoms with Crippen LogP contribution in [0.3, 0.4) is 0 Å². The molecule has 34 heavy (non-hydrogen) atoms. The summed E-state index contributed by atoms with van der Waals surface area (Å²) in [6, 6.07) is 37.6. The molecule has 0 aliphatic heterocycles. The lowest BCUT2D eigenvalue weighted by molar-refractivity contribution is -0.109. The Kier molecular flexibility index (Phi) is 5.01. The zero-order valence-corrected chi connectivity index (χ0v) is 18.6. The topological polar surface area (TPSA) is 17.1 Å². The van der Waals surface area contributed by atoms with Crippen LogP contribution in [0.25, 0.3) is 38.8 Å². The maximum Gasteiger partial charge on any atom is 0.186 e. The molecule has 0 heterocycles. The van der Waals surface area contributed by atoms with Crippen molar-refractivity contribution in [2.75, 3.05) is 0 Å². The van der Waals surface area contributed by atoms with Gasteiger partial charge in [-0.15, -0.1) is 0 Å². The lowest BCUT2D eigenvalue weighted by atomic mass is 9.84. The van der Waals surface area contributed by atoms with Crippen LogP contribution in [0.5, 0.6) is 0 Å². The first-order chi connectivity index (χ1) is 16.8. The van der Waals surface area contributed by atoms with Gasteiger partial charge < -0.3 is 0 Å². The fraction of sp³-hybridized carbons (Fsp3) is 0. The van der Waals surface area contributed by atoms with Crippen molar-refractivity contribution in [1.29, 1.82) is 0 Å². The molecule has 0 amide bonds. The van der Waals surface area contributed by atoms with Crippen LogP contribution in [0, 0.1) is 0 Å². The van der Waals surface area contributed by atoms with E-state index in [9.17, 15) is 4.79 Å². The Morgan fingerprint density at radius 2 is 1.21 bits per heavy atom. The molecular weight excluding hydrogens is 412 g/mol. The number of carbonyl (C=O) groups excluding carboxylic acids is 1. The molecule has 1 heteroatoms. The summed E-state index contributed by atoms with van der Waals surface area (Å²) in [5, 5.41) is 4.62. The van der Waals surface area contributed by atoms with Gasteiger partial charge in [0.25, 0.3) is 0 Å². The molecule has 0 fully saturated rings. The lowest BCUT2D eigenvalue weighted by Gasteiger charge is -2.18. The molecule has 0 radical (unpaired) electrons. The molecule has 0 bridgehead atoms. The number of rotatable bonds is 3. The molecule has 1 nitrogen and oxygen atoms in total. The lowest BCUT2D eigenvalue weighted by Crippen LogP contribution is -2.05. The van der Waals surface area contributed by atoms with Gasteiger partial charge in [0.2, 0.25) is 0 Å². The third-order valence-corrected chi connectivity index (χ3v) is 6.48. The van der Waals surface area contributed by atoms with Crippen molar-refractivity contribution in [1.82, 2.24) is 0 Å². The van der Waals surface area contributed by atoms with Gasteiger partial charge in [0.1, 0.15) is 0 Å². The van der Waals surface area contributed by atoms with Crippen LogP contribution in [0.4, 0.5) is 0 Å². The molecule has 0 saturated carbocycles. The molecule has 6 rings (SSSR count). The summed E-state index contributed by atoms with van der Waals surface area (Å²) in [5.41, 5.74) is 6.13. The van der Waals surface area contributed by atoms with Crippen molar-refractivity contribution < 1.29 is 4.79 Å². The Morgan fingerprint density at radius 1 is 0.588 bits per heavy atom. The first kappa shape index (κ1) is 20.1. The van der Waals surface area contributed by atoms with Crippen LogP contribution in [0.15, 0.2) is 127 Å². The standard InChI is InChI=1S/C33H22O/c34-31-22-19-27-18-17-26-16-15-25-13-7-8-14-29(25)32(26)33(27)30(31)21-20-28(23-9-3-1-4-10-23)24-11-5-2-6-12-24/h1-22H/b30-21-. The highest BCUT2D eigenvalue weighted by atomic mass is 16.1. The van der Waals surface area contributed by atoms with Gasteiger partial charge in [0, 0.05) is 11.1 Å². The summed E-state index contributed by atoms with van der Waals surface area (Å²) in [6.45, 7) is 0. The molecule has 1 aliphatic carbocycles. The van der Waals surface area contributed by atoms with Gasteiger partial charge in [0.15, 0.2) is 5.78 Å². The zero-order chi connectivity index (χ0) is 22.9. The summed E-state index contributed by atoms with van der Waals surface area (Å²) >= 11 is 0. The minimum Gasteiger partial charge on any atom is -0.289 e. The molecule has 0 aromatic heterocycles. The fourth-order valence-corrected chi connectivity index (χ4v) is 4.85. The normalized spacial score (nSPS) is 13.9. The third-order valence-electron chi connectivity index (χ3n) is 6.48. The Morgan fingerprint density at radius 3 is 1.94 bits per heavy atom. The highest BCUT2D eigenvalue weighted by Gasteiger charge is 2.21. The number of hydrogen-bond acceptors (Lipinski definition) is 1. The van der Waals surface area contributed by atoms with Gasteiger partial charge in [-0.2, -0.15) is 0 Å².